The summed E-state index contributed by atoms with van der Waals surface area (Å²) in [5.41, 5.74) is 5.35. The van der Waals surface area contributed by atoms with Crippen molar-refractivity contribution in [3.05, 3.63) is 72.9 Å². The maximum atomic E-state index is 12.6. The predicted molar refractivity (Wildman–Crippen MR) is 230 cm³/mol. The molecule has 0 radical (unpaired) electrons. The van der Waals surface area contributed by atoms with E-state index in [1.54, 1.807) is 0 Å². The molecule has 0 amide bonds. The first-order valence-electron chi connectivity index (χ1n) is 21.5. The van der Waals surface area contributed by atoms with Gasteiger partial charge in [0.15, 0.2) is 0 Å². The van der Waals surface area contributed by atoms with Crippen LogP contribution in [0.4, 0.5) is 0 Å². The van der Waals surface area contributed by atoms with Crippen LogP contribution >= 0.6 is 7.82 Å². The van der Waals surface area contributed by atoms with Crippen molar-refractivity contribution in [3.63, 3.8) is 0 Å². The lowest BCUT2D eigenvalue weighted by molar-refractivity contribution is -0.154. The van der Waals surface area contributed by atoms with Crippen molar-refractivity contribution in [3.8, 4) is 0 Å². The highest BCUT2D eigenvalue weighted by molar-refractivity contribution is 7.47. The van der Waals surface area contributed by atoms with E-state index in [0.717, 1.165) is 70.6 Å². The van der Waals surface area contributed by atoms with Crippen LogP contribution in [-0.4, -0.2) is 60.5 Å². The van der Waals surface area contributed by atoms with Crippen LogP contribution in [0.2, 0.25) is 0 Å². The van der Waals surface area contributed by atoms with E-state index in [4.69, 9.17) is 29.4 Å². The molecule has 0 aliphatic rings. The van der Waals surface area contributed by atoms with Gasteiger partial charge < -0.3 is 25.2 Å². The minimum atomic E-state index is -4.63. The molecule has 0 rings (SSSR count). The van der Waals surface area contributed by atoms with E-state index >= 15 is 0 Å². The van der Waals surface area contributed by atoms with Crippen molar-refractivity contribution >= 4 is 19.8 Å². The number of carbonyl (C=O) groups excluding carboxylic acids is 1. The Balaban J connectivity index is 4.36. The molecule has 11 heteroatoms. The number of unbranched alkanes of at least 4 members (excludes halogenated alkanes) is 14. The average molecular weight is 808 g/mol. The van der Waals surface area contributed by atoms with E-state index in [-0.39, 0.29) is 13.0 Å². The maximum absolute atomic E-state index is 12.6. The van der Waals surface area contributed by atoms with Crippen LogP contribution in [0, 0.1) is 0 Å². The SMILES string of the molecule is CC/C=C\C/C=C\C/C=C\C/C=C\C/C=C\C/C=C\CCCOCC(COP(=O)(O)OCC(N)C(=O)O)OC(=O)CCCCCCCCCCCCCCCC. The Kier molecular flexibility index (Phi) is 38.7. The fraction of sp³-hybridized carbons (Fsp3) is 0.689. The van der Waals surface area contributed by atoms with Gasteiger partial charge in [-0.1, -0.05) is 170 Å². The summed E-state index contributed by atoms with van der Waals surface area (Å²) in [5, 5.41) is 8.89. The van der Waals surface area contributed by atoms with Crippen LogP contribution in [-0.2, 0) is 32.7 Å². The van der Waals surface area contributed by atoms with Gasteiger partial charge in [0.25, 0.3) is 0 Å². The van der Waals surface area contributed by atoms with Crippen LogP contribution in [0.25, 0.3) is 0 Å². The van der Waals surface area contributed by atoms with Gasteiger partial charge in [0.1, 0.15) is 12.1 Å². The second kappa shape index (κ2) is 40.6. The topological polar surface area (TPSA) is 155 Å². The second-order valence-corrected chi connectivity index (χ2v) is 15.5. The number of phosphoric acid groups is 1. The van der Waals surface area contributed by atoms with Gasteiger partial charge in [-0.15, -0.1) is 0 Å². The summed E-state index contributed by atoms with van der Waals surface area (Å²) in [6, 6.07) is -1.48. The largest absolute Gasteiger partial charge is 0.480 e. The lowest BCUT2D eigenvalue weighted by Gasteiger charge is -2.20. The third-order valence-corrected chi connectivity index (χ3v) is 9.70. The Morgan fingerprint density at radius 3 is 1.48 bits per heavy atom. The van der Waals surface area contributed by atoms with Crippen molar-refractivity contribution in [2.75, 3.05) is 26.4 Å². The van der Waals surface area contributed by atoms with Crippen molar-refractivity contribution < 1.29 is 42.7 Å². The molecular weight excluding hydrogens is 729 g/mol. The van der Waals surface area contributed by atoms with Gasteiger partial charge in [0.05, 0.1) is 19.8 Å². The minimum absolute atomic E-state index is 0.0249. The molecule has 4 N–H and O–H groups in total. The molecule has 3 atom stereocenters. The van der Waals surface area contributed by atoms with Crippen LogP contribution in [0.5, 0.6) is 0 Å². The van der Waals surface area contributed by atoms with E-state index in [9.17, 15) is 19.0 Å². The third kappa shape index (κ3) is 39.6. The van der Waals surface area contributed by atoms with Gasteiger partial charge in [-0.3, -0.25) is 18.6 Å². The van der Waals surface area contributed by atoms with Crippen LogP contribution < -0.4 is 5.73 Å². The van der Waals surface area contributed by atoms with Gasteiger partial charge in [0, 0.05) is 13.0 Å². The molecule has 0 fully saturated rings. The van der Waals surface area contributed by atoms with Crippen molar-refractivity contribution in [2.45, 2.75) is 174 Å². The molecule has 0 heterocycles. The highest BCUT2D eigenvalue weighted by Gasteiger charge is 2.27. The Morgan fingerprint density at radius 1 is 0.589 bits per heavy atom. The molecule has 10 nitrogen and oxygen atoms in total. The highest BCUT2D eigenvalue weighted by atomic mass is 31.2. The number of aliphatic carboxylic acids is 1. The molecule has 0 spiro atoms. The quantitative estimate of drug-likeness (QED) is 0.0236. The molecule has 0 aromatic carbocycles. The van der Waals surface area contributed by atoms with E-state index in [1.807, 2.05) is 0 Å². The Bertz CT molecular complexity index is 1160. The molecular formula is C45H78NO9P. The van der Waals surface area contributed by atoms with Gasteiger partial charge in [-0.05, 0) is 57.8 Å². The van der Waals surface area contributed by atoms with Crippen molar-refractivity contribution in [1.29, 1.82) is 0 Å². The summed E-state index contributed by atoms with van der Waals surface area (Å²) in [4.78, 5) is 33.5. The zero-order valence-corrected chi connectivity index (χ0v) is 35.8. The van der Waals surface area contributed by atoms with Gasteiger partial charge in [-0.25, -0.2) is 4.57 Å². The first-order valence-corrected chi connectivity index (χ1v) is 23.0. The zero-order valence-electron chi connectivity index (χ0n) is 35.0. The molecule has 0 aliphatic carbocycles. The zero-order chi connectivity index (χ0) is 41.2. The van der Waals surface area contributed by atoms with Crippen LogP contribution in [0.1, 0.15) is 162 Å². The summed E-state index contributed by atoms with van der Waals surface area (Å²) < 4.78 is 33.2. The molecule has 322 valence electrons. The number of carbonyl (C=O) groups is 2. The third-order valence-electron chi connectivity index (χ3n) is 8.75. The summed E-state index contributed by atoms with van der Waals surface area (Å²) in [6.07, 6.45) is 49.6. The van der Waals surface area contributed by atoms with E-state index in [0.29, 0.717) is 13.0 Å². The molecule has 56 heavy (non-hydrogen) atoms. The summed E-state index contributed by atoms with van der Waals surface area (Å²) in [6.45, 7) is 3.60. The molecule has 0 aromatic heterocycles. The molecule has 0 aromatic rings. The maximum Gasteiger partial charge on any atom is 0.472 e. The van der Waals surface area contributed by atoms with E-state index in [2.05, 4.69) is 86.8 Å². The van der Waals surface area contributed by atoms with Crippen LogP contribution in [0.15, 0.2) is 72.9 Å². The van der Waals surface area contributed by atoms with Gasteiger partial charge >= 0.3 is 19.8 Å². The Hall–Kier alpha value is -2.59. The fourth-order valence-electron chi connectivity index (χ4n) is 5.44. The highest BCUT2D eigenvalue weighted by Crippen LogP contribution is 2.43. The lowest BCUT2D eigenvalue weighted by atomic mass is 10.0. The van der Waals surface area contributed by atoms with Gasteiger partial charge in [-0.2, -0.15) is 0 Å². The second-order valence-electron chi connectivity index (χ2n) is 14.1. The summed E-state index contributed by atoms with van der Waals surface area (Å²) in [5.74, 6) is -1.81. The lowest BCUT2D eigenvalue weighted by Crippen LogP contribution is -2.34. The number of carboxylic acids is 1. The monoisotopic (exact) mass is 808 g/mol. The Labute approximate surface area is 340 Å². The smallest absolute Gasteiger partial charge is 0.472 e. The number of rotatable bonds is 40. The number of carboxylic acid groups (broad SMARTS) is 1. The number of esters is 1. The number of phosphoric ester groups is 1. The number of hydrogen-bond donors (Lipinski definition) is 3. The van der Waals surface area contributed by atoms with E-state index in [1.165, 1.54) is 64.2 Å². The molecule has 0 bridgehead atoms. The van der Waals surface area contributed by atoms with E-state index < -0.39 is 45.1 Å². The normalized spacial score (nSPS) is 14.6. The average Bonchev–Trinajstić information content (AvgIpc) is 3.18. The number of ether oxygens (including phenoxy) is 2. The summed E-state index contributed by atoms with van der Waals surface area (Å²) >= 11 is 0. The molecule has 0 aliphatic heterocycles. The molecule has 0 saturated heterocycles. The first kappa shape index (κ1) is 53.4. The minimum Gasteiger partial charge on any atom is -0.480 e. The van der Waals surface area contributed by atoms with Crippen molar-refractivity contribution in [1.82, 2.24) is 0 Å². The number of allylic oxidation sites excluding steroid dienone is 12. The number of nitrogens with two attached hydrogens (primary N) is 1. The summed E-state index contributed by atoms with van der Waals surface area (Å²) in [7, 11) is -4.63. The molecule has 0 saturated carbocycles. The van der Waals surface area contributed by atoms with Crippen molar-refractivity contribution in [2.24, 2.45) is 5.73 Å². The fourth-order valence-corrected chi connectivity index (χ4v) is 6.22. The first-order chi connectivity index (χ1) is 27.2. The van der Waals surface area contributed by atoms with Crippen LogP contribution in [0.3, 0.4) is 0 Å². The number of hydrogen-bond acceptors (Lipinski definition) is 8. The Morgan fingerprint density at radius 2 is 1.02 bits per heavy atom. The molecule has 3 unspecified atom stereocenters. The predicted octanol–water partition coefficient (Wildman–Crippen LogP) is 11.8. The standard InChI is InChI=1S/C45H78NO9P/c1-3-5-7-9-11-13-15-17-19-20-21-22-23-24-26-28-30-32-34-36-38-52-39-42(40-53-56(50,51)54-41-43(46)45(48)49)55-44(47)37-35-33-31-29-27-25-18-16-14-12-10-8-6-4-2/h5,7,11,13,17,19,21-22,24,26,30,32,42-43H,3-4,6,8-10,12,14-16,18,20,23,25,27-29,31,33-41,46H2,1-2H3,(H,48,49)(H,50,51)/b7-5-,13-11-,19-17-,22-21-,26-24-,32-30-. The van der Waals surface area contributed by atoms with Gasteiger partial charge in [0.2, 0.25) is 0 Å².